The molecule has 2 N–H and O–H groups in total. The van der Waals surface area contributed by atoms with Crippen molar-refractivity contribution in [1.82, 2.24) is 5.32 Å². The van der Waals surface area contributed by atoms with Gasteiger partial charge in [-0.1, -0.05) is 0 Å². The van der Waals surface area contributed by atoms with Gasteiger partial charge in [0, 0.05) is 11.8 Å². The summed E-state index contributed by atoms with van der Waals surface area (Å²) >= 11 is 3.91. The number of carbonyl (C=O) groups excluding carboxylic acids is 1. The van der Waals surface area contributed by atoms with Gasteiger partial charge in [0.25, 0.3) is 0 Å². The van der Waals surface area contributed by atoms with Crippen LogP contribution in [-0.2, 0) is 4.79 Å². The molecule has 0 bridgehead atoms. The summed E-state index contributed by atoms with van der Waals surface area (Å²) in [6.45, 7) is 0. The minimum Gasteiger partial charge on any atom is -0.384 e. The standard InChI is InChI=1S/C5H11NO2S/c1-6-4(3-9)5(8)2-7/h2,4-6,8-9H,3H2,1H3/t4-,5+/m0/s1. The number of aliphatic hydroxyl groups excluding tert-OH is 1. The van der Waals surface area contributed by atoms with E-state index in [4.69, 9.17) is 5.11 Å². The summed E-state index contributed by atoms with van der Waals surface area (Å²) in [5.74, 6) is 0.455. The number of aliphatic hydroxyl groups is 1. The first-order valence-electron chi connectivity index (χ1n) is 2.67. The van der Waals surface area contributed by atoms with Crippen LogP contribution in [0.3, 0.4) is 0 Å². The van der Waals surface area contributed by atoms with Gasteiger partial charge in [0.2, 0.25) is 0 Å². The van der Waals surface area contributed by atoms with Gasteiger partial charge in [-0.15, -0.1) is 0 Å². The first-order valence-corrected chi connectivity index (χ1v) is 3.31. The molecular weight excluding hydrogens is 138 g/mol. The molecule has 0 aliphatic carbocycles. The lowest BCUT2D eigenvalue weighted by molar-refractivity contribution is -0.115. The van der Waals surface area contributed by atoms with Gasteiger partial charge in [0.1, 0.15) is 12.4 Å². The second-order valence-electron chi connectivity index (χ2n) is 1.70. The van der Waals surface area contributed by atoms with E-state index in [1.54, 1.807) is 7.05 Å². The molecule has 0 saturated heterocycles. The molecule has 0 aliphatic rings. The van der Waals surface area contributed by atoms with Gasteiger partial charge in [0.15, 0.2) is 0 Å². The van der Waals surface area contributed by atoms with Crippen LogP contribution >= 0.6 is 12.6 Å². The van der Waals surface area contributed by atoms with Crippen molar-refractivity contribution in [2.45, 2.75) is 12.1 Å². The molecule has 54 valence electrons. The van der Waals surface area contributed by atoms with Crippen molar-refractivity contribution in [2.75, 3.05) is 12.8 Å². The molecule has 0 aromatic rings. The summed E-state index contributed by atoms with van der Waals surface area (Å²) in [6, 6.07) is -0.231. The predicted molar refractivity (Wildman–Crippen MR) is 38.8 cm³/mol. The highest BCUT2D eigenvalue weighted by Crippen LogP contribution is 1.91. The van der Waals surface area contributed by atoms with Crippen molar-refractivity contribution < 1.29 is 9.90 Å². The molecule has 0 spiro atoms. The Hall–Kier alpha value is -0.0600. The summed E-state index contributed by atoms with van der Waals surface area (Å²) in [7, 11) is 1.67. The largest absolute Gasteiger partial charge is 0.384 e. The fourth-order valence-corrected chi connectivity index (χ4v) is 0.863. The highest BCUT2D eigenvalue weighted by Gasteiger charge is 2.13. The van der Waals surface area contributed by atoms with Gasteiger partial charge in [-0.25, -0.2) is 0 Å². The Morgan fingerprint density at radius 3 is 2.56 bits per heavy atom. The average molecular weight is 149 g/mol. The molecule has 0 aliphatic heterocycles. The van der Waals surface area contributed by atoms with Crippen molar-refractivity contribution in [3.63, 3.8) is 0 Å². The Bertz CT molecular complexity index is 85.0. The quantitative estimate of drug-likeness (QED) is 0.357. The Kier molecular flexibility index (Phi) is 4.75. The van der Waals surface area contributed by atoms with Crippen LogP contribution in [0.4, 0.5) is 0 Å². The minimum atomic E-state index is -0.938. The monoisotopic (exact) mass is 149 g/mol. The maximum absolute atomic E-state index is 9.94. The third-order valence-corrected chi connectivity index (χ3v) is 1.51. The molecule has 0 rings (SSSR count). The zero-order valence-corrected chi connectivity index (χ0v) is 6.14. The molecule has 9 heavy (non-hydrogen) atoms. The fourth-order valence-electron chi connectivity index (χ4n) is 0.465. The summed E-state index contributed by atoms with van der Waals surface area (Å²) in [5, 5.41) is 11.6. The zero-order valence-electron chi connectivity index (χ0n) is 5.24. The SMILES string of the molecule is CN[C@@H](CS)[C@H](O)C=O. The predicted octanol–water partition coefficient (Wildman–Crippen LogP) is -0.936. The van der Waals surface area contributed by atoms with Crippen LogP contribution < -0.4 is 5.32 Å². The lowest BCUT2D eigenvalue weighted by atomic mass is 10.2. The van der Waals surface area contributed by atoms with E-state index in [-0.39, 0.29) is 6.04 Å². The maximum atomic E-state index is 9.94. The molecule has 0 saturated carbocycles. The summed E-state index contributed by atoms with van der Waals surface area (Å²) in [6.07, 6.45) is -0.440. The van der Waals surface area contributed by atoms with Gasteiger partial charge < -0.3 is 15.2 Å². The number of hydrogen-bond donors (Lipinski definition) is 3. The highest BCUT2D eigenvalue weighted by atomic mass is 32.1. The molecular formula is C5H11NO2S. The Morgan fingerprint density at radius 1 is 1.89 bits per heavy atom. The van der Waals surface area contributed by atoms with E-state index in [1.165, 1.54) is 0 Å². The van der Waals surface area contributed by atoms with E-state index in [0.717, 1.165) is 0 Å². The van der Waals surface area contributed by atoms with E-state index < -0.39 is 6.10 Å². The van der Waals surface area contributed by atoms with Crippen molar-refractivity contribution in [3.05, 3.63) is 0 Å². The lowest BCUT2D eigenvalue weighted by Crippen LogP contribution is -2.39. The second kappa shape index (κ2) is 4.78. The smallest absolute Gasteiger partial charge is 0.150 e. The van der Waals surface area contributed by atoms with Gasteiger partial charge >= 0.3 is 0 Å². The van der Waals surface area contributed by atoms with Crippen molar-refractivity contribution in [2.24, 2.45) is 0 Å². The Labute approximate surface area is 59.9 Å². The number of nitrogens with one attached hydrogen (secondary N) is 1. The van der Waals surface area contributed by atoms with Gasteiger partial charge in [-0.3, -0.25) is 0 Å². The fraction of sp³-hybridized carbons (Fsp3) is 0.800. The van der Waals surface area contributed by atoms with E-state index in [2.05, 4.69) is 17.9 Å². The normalized spacial score (nSPS) is 16.8. The van der Waals surface area contributed by atoms with E-state index in [9.17, 15) is 4.79 Å². The van der Waals surface area contributed by atoms with E-state index in [0.29, 0.717) is 12.0 Å². The molecule has 0 aromatic carbocycles. The van der Waals surface area contributed by atoms with Crippen molar-refractivity contribution in [3.8, 4) is 0 Å². The minimum absolute atomic E-state index is 0.231. The molecule has 0 radical (unpaired) electrons. The molecule has 0 heterocycles. The lowest BCUT2D eigenvalue weighted by Gasteiger charge is -2.14. The van der Waals surface area contributed by atoms with E-state index >= 15 is 0 Å². The van der Waals surface area contributed by atoms with Crippen LogP contribution in [0.2, 0.25) is 0 Å². The second-order valence-corrected chi connectivity index (χ2v) is 2.07. The van der Waals surface area contributed by atoms with E-state index in [1.807, 2.05) is 0 Å². The number of hydrogen-bond acceptors (Lipinski definition) is 4. The number of thiol groups is 1. The van der Waals surface area contributed by atoms with Gasteiger partial charge in [0.05, 0.1) is 0 Å². The number of aldehydes is 1. The van der Waals surface area contributed by atoms with Crippen LogP contribution in [0.25, 0.3) is 0 Å². The first kappa shape index (κ1) is 8.94. The van der Waals surface area contributed by atoms with Crippen molar-refractivity contribution in [1.29, 1.82) is 0 Å². The zero-order chi connectivity index (χ0) is 7.28. The highest BCUT2D eigenvalue weighted by molar-refractivity contribution is 7.80. The Balaban J connectivity index is 3.63. The summed E-state index contributed by atoms with van der Waals surface area (Å²) in [4.78, 5) is 9.94. The first-order chi connectivity index (χ1) is 4.26. The molecule has 2 atom stereocenters. The van der Waals surface area contributed by atoms with Gasteiger partial charge in [-0.05, 0) is 7.05 Å². The molecule has 0 aromatic heterocycles. The summed E-state index contributed by atoms with van der Waals surface area (Å²) < 4.78 is 0. The number of rotatable bonds is 4. The third-order valence-electron chi connectivity index (χ3n) is 1.12. The molecule has 0 amide bonds. The number of carbonyl (C=O) groups is 1. The Morgan fingerprint density at radius 2 is 2.44 bits per heavy atom. The molecule has 4 heteroatoms. The number of likely N-dealkylation sites (N-methyl/N-ethyl adjacent to an activating group) is 1. The van der Waals surface area contributed by atoms with Crippen LogP contribution in [0.1, 0.15) is 0 Å². The van der Waals surface area contributed by atoms with Crippen LogP contribution in [0.15, 0.2) is 0 Å². The van der Waals surface area contributed by atoms with Gasteiger partial charge in [-0.2, -0.15) is 12.6 Å². The average Bonchev–Trinajstić information content (AvgIpc) is 1.90. The molecule has 3 nitrogen and oxygen atoms in total. The topological polar surface area (TPSA) is 49.3 Å². The molecule has 0 fully saturated rings. The van der Waals surface area contributed by atoms with Crippen LogP contribution in [-0.4, -0.2) is 36.3 Å². The summed E-state index contributed by atoms with van der Waals surface area (Å²) in [5.41, 5.74) is 0. The van der Waals surface area contributed by atoms with Crippen LogP contribution in [0.5, 0.6) is 0 Å². The van der Waals surface area contributed by atoms with Crippen molar-refractivity contribution >= 4 is 18.9 Å². The molecule has 0 unspecified atom stereocenters. The maximum Gasteiger partial charge on any atom is 0.150 e. The van der Waals surface area contributed by atoms with Crippen LogP contribution in [0, 0.1) is 0 Å². The third kappa shape index (κ3) is 2.84.